The van der Waals surface area contributed by atoms with Crippen LogP contribution in [0, 0.1) is 11.3 Å². The van der Waals surface area contributed by atoms with Crippen molar-refractivity contribution in [3.8, 4) is 5.69 Å². The summed E-state index contributed by atoms with van der Waals surface area (Å²) in [5.74, 6) is 0.753. The molecule has 1 saturated heterocycles. The summed E-state index contributed by atoms with van der Waals surface area (Å²) in [6.07, 6.45) is 7.38. The molecule has 1 aliphatic heterocycles. The van der Waals surface area contributed by atoms with Gasteiger partial charge in [0.25, 0.3) is 0 Å². The number of amides is 1. The molecule has 1 aromatic carbocycles. The average molecular weight is 375 g/mol. The first-order valence-electron chi connectivity index (χ1n) is 9.37. The van der Waals surface area contributed by atoms with Crippen LogP contribution in [0.5, 0.6) is 0 Å². The van der Waals surface area contributed by atoms with Gasteiger partial charge in [-0.2, -0.15) is 5.10 Å². The summed E-state index contributed by atoms with van der Waals surface area (Å²) in [5.41, 5.74) is 1.90. The molecule has 4 rings (SSSR count). The van der Waals surface area contributed by atoms with Crippen molar-refractivity contribution < 1.29 is 4.79 Å². The van der Waals surface area contributed by atoms with Crippen molar-refractivity contribution in [2.45, 2.75) is 32.1 Å². The van der Waals surface area contributed by atoms with Gasteiger partial charge in [0.05, 0.1) is 16.8 Å². The molecule has 2 aromatic rings. The van der Waals surface area contributed by atoms with Gasteiger partial charge in [0.1, 0.15) is 0 Å². The number of nitrogens with one attached hydrogen (secondary N) is 2. The van der Waals surface area contributed by atoms with Crippen LogP contribution in [0.2, 0.25) is 0 Å². The van der Waals surface area contributed by atoms with E-state index in [2.05, 4.69) is 15.7 Å². The Kier molecular flexibility index (Phi) is 5.99. The fourth-order valence-electron chi connectivity index (χ4n) is 4.39. The van der Waals surface area contributed by atoms with Crippen molar-refractivity contribution in [3.63, 3.8) is 0 Å². The first-order valence-corrected chi connectivity index (χ1v) is 9.37. The lowest BCUT2D eigenvalue weighted by Gasteiger charge is -2.37. The van der Waals surface area contributed by atoms with Crippen LogP contribution in [0.3, 0.4) is 0 Å². The number of rotatable bonds is 5. The maximum Gasteiger partial charge on any atom is 0.227 e. The Bertz CT molecular complexity index is 732. The molecule has 0 radical (unpaired) electrons. The van der Waals surface area contributed by atoms with E-state index in [1.807, 2.05) is 47.3 Å². The van der Waals surface area contributed by atoms with Crippen LogP contribution in [-0.2, 0) is 11.2 Å². The highest BCUT2D eigenvalue weighted by Gasteiger charge is 2.49. The van der Waals surface area contributed by atoms with Crippen LogP contribution in [0.1, 0.15) is 31.4 Å². The van der Waals surface area contributed by atoms with E-state index >= 15 is 0 Å². The van der Waals surface area contributed by atoms with E-state index in [-0.39, 0.29) is 23.7 Å². The van der Waals surface area contributed by atoms with Gasteiger partial charge in [0.2, 0.25) is 5.91 Å². The molecule has 2 N–H and O–H groups in total. The third-order valence-corrected chi connectivity index (χ3v) is 5.82. The zero-order valence-corrected chi connectivity index (χ0v) is 15.8. The van der Waals surface area contributed by atoms with Crippen molar-refractivity contribution in [3.05, 3.63) is 48.3 Å². The first-order chi connectivity index (χ1) is 12.3. The van der Waals surface area contributed by atoms with E-state index in [1.54, 1.807) is 0 Å². The van der Waals surface area contributed by atoms with Crippen molar-refractivity contribution >= 4 is 18.3 Å². The second-order valence-electron chi connectivity index (χ2n) is 7.32. The maximum atomic E-state index is 12.8. The van der Waals surface area contributed by atoms with Crippen LogP contribution in [0.4, 0.5) is 0 Å². The van der Waals surface area contributed by atoms with Crippen molar-refractivity contribution in [2.75, 3.05) is 19.6 Å². The molecule has 6 heteroatoms. The van der Waals surface area contributed by atoms with Gasteiger partial charge in [0.15, 0.2) is 0 Å². The molecule has 1 amide bonds. The minimum Gasteiger partial charge on any atom is -0.355 e. The summed E-state index contributed by atoms with van der Waals surface area (Å²) >= 11 is 0. The van der Waals surface area contributed by atoms with E-state index in [4.69, 9.17) is 0 Å². The summed E-state index contributed by atoms with van der Waals surface area (Å²) in [4.78, 5) is 12.8. The molecular formula is C20H27ClN4O. The molecule has 140 valence electrons. The van der Waals surface area contributed by atoms with Gasteiger partial charge in [-0.3, -0.25) is 4.79 Å². The zero-order chi connectivity index (χ0) is 17.1. The van der Waals surface area contributed by atoms with Crippen molar-refractivity contribution in [1.82, 2.24) is 20.4 Å². The second-order valence-corrected chi connectivity index (χ2v) is 7.32. The van der Waals surface area contributed by atoms with Gasteiger partial charge in [-0.1, -0.05) is 31.0 Å². The van der Waals surface area contributed by atoms with Crippen LogP contribution >= 0.6 is 12.4 Å². The Morgan fingerprint density at radius 3 is 2.96 bits per heavy atom. The molecule has 5 nitrogen and oxygen atoms in total. The van der Waals surface area contributed by atoms with Crippen molar-refractivity contribution in [1.29, 1.82) is 0 Å². The molecule has 1 aliphatic carbocycles. The third-order valence-electron chi connectivity index (χ3n) is 5.82. The van der Waals surface area contributed by atoms with E-state index < -0.39 is 0 Å². The lowest BCUT2D eigenvalue weighted by molar-refractivity contribution is -0.133. The number of para-hydroxylation sites is 1. The Balaban J connectivity index is 0.00000196. The number of carbonyl (C=O) groups excluding carboxylic acids is 1. The number of hydrogen-bond donors (Lipinski definition) is 2. The number of aromatic nitrogens is 2. The topological polar surface area (TPSA) is 59.0 Å². The van der Waals surface area contributed by atoms with Crippen LogP contribution < -0.4 is 10.6 Å². The van der Waals surface area contributed by atoms with Crippen LogP contribution in [-0.4, -0.2) is 35.3 Å². The minimum atomic E-state index is -0.165. The fourth-order valence-corrected chi connectivity index (χ4v) is 4.39. The standard InChI is InChI=1S/C20H26N4O.ClH/c25-19(20-11-5-4-6-16(20)14-21-15-20)22-12-9-17-10-13-24(23-17)18-7-2-1-3-8-18;/h1-3,7-8,10,13,16,21H,4-6,9,11-12,14-15H2,(H,22,25);1H/t16-,20+;/m0./s1. The van der Waals surface area contributed by atoms with E-state index in [9.17, 15) is 4.79 Å². The molecule has 2 heterocycles. The molecule has 2 aliphatic rings. The second kappa shape index (κ2) is 8.23. The summed E-state index contributed by atoms with van der Waals surface area (Å²) in [5, 5.41) is 11.2. The average Bonchev–Trinajstić information content (AvgIpc) is 3.30. The summed E-state index contributed by atoms with van der Waals surface area (Å²) in [7, 11) is 0. The molecule has 0 unspecified atom stereocenters. The quantitative estimate of drug-likeness (QED) is 0.846. The number of halogens is 1. The van der Waals surface area contributed by atoms with Gasteiger partial charge in [-0.25, -0.2) is 4.68 Å². The summed E-state index contributed by atoms with van der Waals surface area (Å²) < 4.78 is 1.88. The summed E-state index contributed by atoms with van der Waals surface area (Å²) in [6, 6.07) is 12.1. The molecule has 26 heavy (non-hydrogen) atoms. The minimum absolute atomic E-state index is 0. The largest absolute Gasteiger partial charge is 0.355 e. The van der Waals surface area contributed by atoms with Gasteiger partial charge in [-0.15, -0.1) is 12.4 Å². The SMILES string of the molecule is Cl.O=C(NCCc1ccn(-c2ccccc2)n1)[C@@]12CCCC[C@H]1CNC2. The number of fused-ring (bicyclic) bond motifs is 1. The number of hydrogen-bond acceptors (Lipinski definition) is 3. The van der Waals surface area contributed by atoms with E-state index in [0.717, 1.165) is 37.3 Å². The van der Waals surface area contributed by atoms with E-state index in [0.29, 0.717) is 12.5 Å². The van der Waals surface area contributed by atoms with Crippen LogP contribution in [0.15, 0.2) is 42.6 Å². The highest BCUT2D eigenvalue weighted by molar-refractivity contribution is 5.85. The Labute approximate surface area is 161 Å². The predicted octanol–water partition coefficient (Wildman–Crippen LogP) is 2.73. The van der Waals surface area contributed by atoms with Gasteiger partial charge >= 0.3 is 0 Å². The smallest absolute Gasteiger partial charge is 0.227 e. The van der Waals surface area contributed by atoms with Gasteiger partial charge in [0, 0.05) is 25.7 Å². The highest BCUT2D eigenvalue weighted by atomic mass is 35.5. The zero-order valence-electron chi connectivity index (χ0n) is 15.0. The number of nitrogens with zero attached hydrogens (tertiary/aromatic N) is 2. The Hall–Kier alpha value is -1.85. The predicted molar refractivity (Wildman–Crippen MR) is 105 cm³/mol. The number of carbonyl (C=O) groups is 1. The number of benzene rings is 1. The molecule has 1 aromatic heterocycles. The van der Waals surface area contributed by atoms with Crippen LogP contribution in [0.25, 0.3) is 5.69 Å². The lowest BCUT2D eigenvalue weighted by Crippen LogP contribution is -2.48. The third kappa shape index (κ3) is 3.64. The van der Waals surface area contributed by atoms with Gasteiger partial charge in [-0.05, 0) is 43.5 Å². The molecule has 0 bridgehead atoms. The monoisotopic (exact) mass is 374 g/mol. The molecule has 2 fully saturated rings. The molecule has 0 spiro atoms. The lowest BCUT2D eigenvalue weighted by atomic mass is 9.67. The Morgan fingerprint density at radius 2 is 2.12 bits per heavy atom. The molecular weight excluding hydrogens is 348 g/mol. The molecule has 2 atom stereocenters. The maximum absolute atomic E-state index is 12.8. The first kappa shape index (κ1) is 18.9. The highest BCUT2D eigenvalue weighted by Crippen LogP contribution is 2.43. The van der Waals surface area contributed by atoms with Crippen molar-refractivity contribution in [2.24, 2.45) is 11.3 Å². The van der Waals surface area contributed by atoms with E-state index in [1.165, 1.54) is 19.3 Å². The summed E-state index contributed by atoms with van der Waals surface area (Å²) in [6.45, 7) is 2.49. The normalized spacial score (nSPS) is 24.5. The fraction of sp³-hybridized carbons (Fsp3) is 0.500. The Morgan fingerprint density at radius 1 is 1.27 bits per heavy atom. The van der Waals surface area contributed by atoms with Gasteiger partial charge < -0.3 is 10.6 Å². The molecule has 1 saturated carbocycles.